The van der Waals surface area contributed by atoms with E-state index in [-0.39, 0.29) is 0 Å². The van der Waals surface area contributed by atoms with Gasteiger partial charge in [0.1, 0.15) is 0 Å². The Hall–Kier alpha value is -2.43. The van der Waals surface area contributed by atoms with E-state index in [0.29, 0.717) is 0 Å². The molecular weight excluding hydrogens is 358 g/mol. The largest absolute Gasteiger partial charge is 0.385 e. The molecule has 0 saturated heterocycles. The molecule has 3 aromatic rings. The maximum absolute atomic E-state index is 5.24. The number of allylic oxidation sites excluding steroid dienone is 1. The van der Waals surface area contributed by atoms with Crippen molar-refractivity contribution in [3.63, 3.8) is 0 Å². The lowest BCUT2D eigenvalue weighted by Crippen LogP contribution is -2.28. The van der Waals surface area contributed by atoms with Crippen molar-refractivity contribution in [1.29, 1.82) is 0 Å². The number of benzene rings is 1. The molecule has 0 atom stereocenters. The summed E-state index contributed by atoms with van der Waals surface area (Å²) in [5.74, 6) is 0. The molecule has 0 radical (unpaired) electrons. The van der Waals surface area contributed by atoms with Crippen molar-refractivity contribution in [3.05, 3.63) is 65.1 Å². The van der Waals surface area contributed by atoms with Crippen LogP contribution in [0.3, 0.4) is 0 Å². The van der Waals surface area contributed by atoms with E-state index in [4.69, 9.17) is 4.74 Å². The fraction of sp³-hybridized carbons (Fsp3) is 0.400. The maximum Gasteiger partial charge on any atom is 0.0528 e. The third-order valence-electron chi connectivity index (χ3n) is 6.00. The molecule has 4 rings (SSSR count). The molecule has 1 aliphatic heterocycles. The first kappa shape index (κ1) is 19.9. The second-order valence-corrected chi connectivity index (χ2v) is 8.05. The van der Waals surface area contributed by atoms with Crippen LogP contribution >= 0.6 is 0 Å². The SMILES string of the molecule is COCCCN1CCc2c(n(C=C(C)c3ccncc3)c3ccc(C)cc23)CC1. The van der Waals surface area contributed by atoms with Gasteiger partial charge in [0.05, 0.1) is 5.52 Å². The van der Waals surface area contributed by atoms with Crippen LogP contribution in [-0.2, 0) is 17.6 Å². The summed E-state index contributed by atoms with van der Waals surface area (Å²) in [7, 11) is 1.78. The van der Waals surface area contributed by atoms with Crippen LogP contribution in [-0.4, -0.2) is 47.8 Å². The Morgan fingerprint density at radius 3 is 2.72 bits per heavy atom. The lowest BCUT2D eigenvalue weighted by molar-refractivity contribution is 0.173. The number of aromatic nitrogens is 2. The second kappa shape index (κ2) is 8.93. The second-order valence-electron chi connectivity index (χ2n) is 8.05. The normalized spacial score (nSPS) is 15.5. The number of hydrogen-bond donors (Lipinski definition) is 0. The van der Waals surface area contributed by atoms with Gasteiger partial charge in [-0.05, 0) is 67.7 Å². The molecule has 0 amide bonds. The van der Waals surface area contributed by atoms with E-state index >= 15 is 0 Å². The summed E-state index contributed by atoms with van der Waals surface area (Å²) in [6, 6.07) is 11.0. The summed E-state index contributed by atoms with van der Waals surface area (Å²) in [6.07, 6.45) is 9.33. The minimum Gasteiger partial charge on any atom is -0.385 e. The van der Waals surface area contributed by atoms with E-state index in [0.717, 1.165) is 45.5 Å². The highest BCUT2D eigenvalue weighted by molar-refractivity contribution is 5.90. The average Bonchev–Trinajstić information content (AvgIpc) is 2.88. The van der Waals surface area contributed by atoms with Crippen LogP contribution in [0.4, 0.5) is 0 Å². The van der Waals surface area contributed by atoms with Crippen molar-refractivity contribution < 1.29 is 4.74 Å². The molecule has 2 aromatic heterocycles. The van der Waals surface area contributed by atoms with Gasteiger partial charge in [0.15, 0.2) is 0 Å². The Kier molecular flexibility index (Phi) is 6.12. The van der Waals surface area contributed by atoms with Gasteiger partial charge in [-0.15, -0.1) is 0 Å². The van der Waals surface area contributed by atoms with Crippen molar-refractivity contribution in [2.24, 2.45) is 0 Å². The van der Waals surface area contributed by atoms with E-state index in [2.05, 4.69) is 64.8 Å². The molecule has 0 unspecified atom stereocenters. The zero-order chi connectivity index (χ0) is 20.2. The number of fused-ring (bicyclic) bond motifs is 3. The van der Waals surface area contributed by atoms with Crippen molar-refractivity contribution in [1.82, 2.24) is 14.5 Å². The molecule has 1 aromatic carbocycles. The molecule has 0 N–H and O–H groups in total. The molecule has 0 fully saturated rings. The Morgan fingerprint density at radius 1 is 1.14 bits per heavy atom. The predicted molar refractivity (Wildman–Crippen MR) is 121 cm³/mol. The number of rotatable bonds is 6. The minimum atomic E-state index is 0.839. The van der Waals surface area contributed by atoms with Gasteiger partial charge in [-0.25, -0.2) is 0 Å². The van der Waals surface area contributed by atoms with Gasteiger partial charge in [0, 0.05) is 69.4 Å². The van der Waals surface area contributed by atoms with E-state index < -0.39 is 0 Å². The van der Waals surface area contributed by atoms with Crippen molar-refractivity contribution >= 4 is 22.7 Å². The van der Waals surface area contributed by atoms with Gasteiger partial charge < -0.3 is 14.2 Å². The minimum absolute atomic E-state index is 0.839. The monoisotopic (exact) mass is 389 g/mol. The number of pyridine rings is 1. The highest BCUT2D eigenvalue weighted by Gasteiger charge is 2.21. The number of hydrogen-bond acceptors (Lipinski definition) is 3. The van der Waals surface area contributed by atoms with Crippen molar-refractivity contribution in [2.75, 3.05) is 33.4 Å². The summed E-state index contributed by atoms with van der Waals surface area (Å²) in [4.78, 5) is 6.75. The van der Waals surface area contributed by atoms with Gasteiger partial charge >= 0.3 is 0 Å². The first-order valence-electron chi connectivity index (χ1n) is 10.6. The van der Waals surface area contributed by atoms with Gasteiger partial charge in [0.2, 0.25) is 0 Å². The van der Waals surface area contributed by atoms with Crippen LogP contribution in [0.2, 0.25) is 0 Å². The van der Waals surface area contributed by atoms with Crippen LogP contribution in [0.5, 0.6) is 0 Å². The smallest absolute Gasteiger partial charge is 0.0528 e. The van der Waals surface area contributed by atoms with Crippen molar-refractivity contribution in [3.8, 4) is 0 Å². The highest BCUT2D eigenvalue weighted by atomic mass is 16.5. The number of ether oxygens (including phenoxy) is 1. The Morgan fingerprint density at radius 2 is 1.93 bits per heavy atom. The van der Waals surface area contributed by atoms with Gasteiger partial charge in [0.25, 0.3) is 0 Å². The summed E-state index contributed by atoms with van der Waals surface area (Å²) < 4.78 is 7.69. The van der Waals surface area contributed by atoms with Crippen LogP contribution < -0.4 is 0 Å². The topological polar surface area (TPSA) is 30.3 Å². The number of methoxy groups -OCH3 is 1. The lowest BCUT2D eigenvalue weighted by Gasteiger charge is -2.19. The van der Waals surface area contributed by atoms with Gasteiger partial charge in [-0.2, -0.15) is 0 Å². The average molecular weight is 390 g/mol. The summed E-state index contributed by atoms with van der Waals surface area (Å²) in [5.41, 5.74) is 8.12. The predicted octanol–water partition coefficient (Wildman–Crippen LogP) is 4.80. The fourth-order valence-corrected chi connectivity index (χ4v) is 4.43. The molecule has 152 valence electrons. The van der Waals surface area contributed by atoms with Crippen LogP contribution in [0.25, 0.3) is 22.7 Å². The van der Waals surface area contributed by atoms with Crippen LogP contribution in [0, 0.1) is 6.92 Å². The standard InChI is InChI=1S/C25H31N3O/c1-19-5-6-24-23(17-19)22-9-14-27(13-4-16-29-3)15-10-25(22)28(24)18-20(2)21-7-11-26-12-8-21/h5-8,11-12,17-18H,4,9-10,13-16H2,1-3H3. The first-order valence-corrected chi connectivity index (χ1v) is 10.6. The van der Waals surface area contributed by atoms with E-state index in [9.17, 15) is 0 Å². The zero-order valence-corrected chi connectivity index (χ0v) is 17.8. The van der Waals surface area contributed by atoms with Gasteiger partial charge in [-0.3, -0.25) is 4.98 Å². The van der Waals surface area contributed by atoms with Crippen LogP contribution in [0.15, 0.2) is 42.7 Å². The fourth-order valence-electron chi connectivity index (χ4n) is 4.43. The first-order chi connectivity index (χ1) is 14.2. The molecule has 4 heteroatoms. The summed E-state index contributed by atoms with van der Waals surface area (Å²) in [5, 5.41) is 1.41. The lowest BCUT2D eigenvalue weighted by atomic mass is 10.1. The zero-order valence-electron chi connectivity index (χ0n) is 17.8. The molecule has 0 saturated carbocycles. The molecule has 0 aliphatic carbocycles. The molecule has 0 spiro atoms. The third-order valence-corrected chi connectivity index (χ3v) is 6.00. The Bertz CT molecular complexity index is 1000. The summed E-state index contributed by atoms with van der Waals surface area (Å²) in [6.45, 7) is 8.56. The number of nitrogens with zero attached hydrogens (tertiary/aromatic N) is 3. The molecule has 29 heavy (non-hydrogen) atoms. The quantitative estimate of drug-likeness (QED) is 0.567. The Labute approximate surface area is 173 Å². The molecule has 1 aliphatic rings. The molecule has 0 bridgehead atoms. The maximum atomic E-state index is 5.24. The van der Waals surface area contributed by atoms with E-state index in [1.807, 2.05) is 12.4 Å². The van der Waals surface area contributed by atoms with Gasteiger partial charge in [-0.1, -0.05) is 11.6 Å². The molecule has 4 nitrogen and oxygen atoms in total. The van der Waals surface area contributed by atoms with E-state index in [1.165, 1.54) is 38.9 Å². The van der Waals surface area contributed by atoms with E-state index in [1.54, 1.807) is 7.11 Å². The van der Waals surface area contributed by atoms with Crippen molar-refractivity contribution in [2.45, 2.75) is 33.1 Å². The summed E-state index contributed by atoms with van der Waals surface area (Å²) >= 11 is 0. The molecular formula is C25H31N3O. The Balaban J connectivity index is 1.72. The third kappa shape index (κ3) is 4.29. The number of aryl methyl sites for hydroxylation is 1. The van der Waals surface area contributed by atoms with Crippen LogP contribution in [0.1, 0.15) is 35.7 Å². The highest BCUT2D eigenvalue weighted by Crippen LogP contribution is 2.31. The molecule has 3 heterocycles.